The van der Waals surface area contributed by atoms with Gasteiger partial charge in [-0.25, -0.2) is 9.16 Å². The molecule has 64 heavy (non-hydrogen) atoms. The number of para-hydroxylation sites is 1. The largest absolute Gasteiger partial charge is 0.310 e. The molecular weight excluding hydrogens is 791 g/mol. The molecule has 0 saturated carbocycles. The molecule has 2 heteroatoms. The molecule has 2 aliphatic carbocycles. The highest BCUT2D eigenvalue weighted by molar-refractivity contribution is 8.49. The highest BCUT2D eigenvalue weighted by atomic mass is 32.3. The Morgan fingerprint density at radius 1 is 0.406 bits per heavy atom. The smallest absolute Gasteiger partial charge is 0.0529 e. The van der Waals surface area contributed by atoms with Crippen LogP contribution < -0.4 is 4.90 Å². The van der Waals surface area contributed by atoms with E-state index >= 15 is 0 Å². The van der Waals surface area contributed by atoms with Gasteiger partial charge in [0.1, 0.15) is 0 Å². The average Bonchev–Trinajstić information content (AvgIpc) is 3.68. The summed E-state index contributed by atoms with van der Waals surface area (Å²) < 4.78 is 0. The van der Waals surface area contributed by atoms with Gasteiger partial charge < -0.3 is 4.90 Å². The van der Waals surface area contributed by atoms with Crippen LogP contribution in [0.5, 0.6) is 0 Å². The van der Waals surface area contributed by atoms with Crippen molar-refractivity contribution in [2.45, 2.75) is 31.4 Å². The fourth-order valence-corrected chi connectivity index (χ4v) is 16.6. The maximum Gasteiger partial charge on any atom is 0.0529 e. The monoisotopic (exact) mass is 841 g/mol. The molecular formula is C62H51NS. The third-order valence-corrected chi connectivity index (χ3v) is 20.6. The minimum Gasteiger partial charge on any atom is -0.310 e. The van der Waals surface area contributed by atoms with Crippen LogP contribution in [0.25, 0.3) is 22.3 Å². The van der Waals surface area contributed by atoms with E-state index in [0.29, 0.717) is 0 Å². The first-order valence-corrected chi connectivity index (χ1v) is 25.1. The number of rotatable bonds is 10. The van der Waals surface area contributed by atoms with E-state index in [-0.39, 0.29) is 11.3 Å². The molecule has 2 aliphatic rings. The molecule has 9 aromatic rings. The summed E-state index contributed by atoms with van der Waals surface area (Å²) in [7, 11) is -3.14. The molecule has 0 N–H and O–H groups in total. The molecule has 0 aliphatic heterocycles. The number of benzene rings is 9. The van der Waals surface area contributed by atoms with E-state index < -0.39 is 9.16 Å². The maximum atomic E-state index is 2.53. The van der Waals surface area contributed by atoms with Crippen molar-refractivity contribution in [3.05, 3.63) is 284 Å². The summed E-state index contributed by atoms with van der Waals surface area (Å²) in [6, 6.07) is 90.3. The number of anilines is 3. The Balaban J connectivity index is 1.02. The van der Waals surface area contributed by atoms with Gasteiger partial charge in [-0.15, -0.1) is 0 Å². The van der Waals surface area contributed by atoms with Crippen LogP contribution in [-0.2, 0) is 5.41 Å². The quantitative estimate of drug-likeness (QED) is 0.134. The van der Waals surface area contributed by atoms with Crippen molar-refractivity contribution in [1.82, 2.24) is 0 Å². The highest BCUT2D eigenvalue weighted by Gasteiger charge is 2.49. The Hall–Kier alpha value is -7.39. The van der Waals surface area contributed by atoms with Crippen LogP contribution in [0.15, 0.2) is 287 Å². The summed E-state index contributed by atoms with van der Waals surface area (Å²) in [6.07, 6.45) is 12.7. The number of nitrogens with zero attached hydrogens (tertiary/aromatic N) is 1. The van der Waals surface area contributed by atoms with Gasteiger partial charge in [0.15, 0.2) is 0 Å². The van der Waals surface area contributed by atoms with Crippen molar-refractivity contribution in [1.29, 1.82) is 0 Å². The van der Waals surface area contributed by atoms with E-state index in [4.69, 9.17) is 0 Å². The summed E-state index contributed by atoms with van der Waals surface area (Å²) in [5.41, 5.74) is 12.1. The molecule has 11 rings (SSSR count). The van der Waals surface area contributed by atoms with Gasteiger partial charge in [0.05, 0.1) is 5.41 Å². The number of allylic oxidation sites excluding steroid dienone is 4. The molecule has 0 spiro atoms. The molecule has 0 aromatic heterocycles. The second kappa shape index (κ2) is 16.1. The van der Waals surface area contributed by atoms with Gasteiger partial charge in [-0.1, -0.05) is 231 Å². The van der Waals surface area contributed by atoms with Gasteiger partial charge in [0, 0.05) is 17.1 Å². The lowest BCUT2D eigenvalue weighted by Crippen LogP contribution is -2.35. The zero-order valence-electron chi connectivity index (χ0n) is 36.1. The Labute approximate surface area is 378 Å². The van der Waals surface area contributed by atoms with Gasteiger partial charge in [-0.05, 0) is 114 Å². The number of fused-ring (bicyclic) bond motifs is 3. The van der Waals surface area contributed by atoms with Crippen molar-refractivity contribution in [2.24, 2.45) is 5.92 Å². The minimum absolute atomic E-state index is 0.261. The van der Waals surface area contributed by atoms with Gasteiger partial charge in [-0.3, -0.25) is 0 Å². The molecule has 0 fully saturated rings. The van der Waals surface area contributed by atoms with Gasteiger partial charge in [0.2, 0.25) is 0 Å². The molecule has 1 nitrogen and oxygen atoms in total. The Bertz CT molecular complexity index is 3020. The second-order valence-electron chi connectivity index (χ2n) is 17.4. The predicted octanol–water partition coefficient (Wildman–Crippen LogP) is 16.5. The number of hydrogen-bond acceptors (Lipinski definition) is 1. The highest BCUT2D eigenvalue weighted by Crippen LogP contribution is 2.87. The van der Waals surface area contributed by atoms with Crippen molar-refractivity contribution in [3.8, 4) is 22.3 Å². The van der Waals surface area contributed by atoms with Crippen LogP contribution in [0.1, 0.15) is 23.1 Å². The lowest BCUT2D eigenvalue weighted by atomic mass is 9.62. The average molecular weight is 842 g/mol. The summed E-state index contributed by atoms with van der Waals surface area (Å²) in [4.78, 5) is 7.82. The molecule has 310 valence electrons. The third-order valence-electron chi connectivity index (χ3n) is 14.3. The number of hydrogen-bond donors (Lipinski definition) is 1. The van der Waals surface area contributed by atoms with Crippen molar-refractivity contribution in [2.75, 3.05) is 11.2 Å². The molecule has 0 saturated heterocycles. The molecule has 0 heterocycles. The molecule has 9 aromatic carbocycles. The summed E-state index contributed by atoms with van der Waals surface area (Å²) in [5.74, 6) is 0.261. The molecule has 0 bridgehead atoms. The lowest BCUT2D eigenvalue weighted by Gasteiger charge is -2.60. The van der Waals surface area contributed by atoms with Crippen LogP contribution in [0.2, 0.25) is 0 Å². The van der Waals surface area contributed by atoms with Crippen LogP contribution in [0.4, 0.5) is 17.1 Å². The maximum absolute atomic E-state index is 3.14. The minimum atomic E-state index is -3.14. The van der Waals surface area contributed by atoms with E-state index in [0.717, 1.165) is 23.5 Å². The van der Waals surface area contributed by atoms with Crippen molar-refractivity contribution < 1.29 is 0 Å². The normalized spacial score (nSPS) is 16.9. The zero-order chi connectivity index (χ0) is 43.0. The summed E-state index contributed by atoms with van der Waals surface area (Å²) in [5, 5.41) is 0. The first kappa shape index (κ1) is 39.5. The zero-order valence-corrected chi connectivity index (χ0v) is 37.0. The van der Waals surface area contributed by atoms with E-state index in [1.165, 1.54) is 58.5 Å². The van der Waals surface area contributed by atoms with Gasteiger partial charge in [-0.2, -0.15) is 0 Å². The fourth-order valence-electron chi connectivity index (χ4n) is 11.1. The molecule has 2 atom stereocenters. The summed E-state index contributed by atoms with van der Waals surface area (Å²) >= 11 is 0. The topological polar surface area (TPSA) is 3.24 Å². The molecule has 2 unspecified atom stereocenters. The summed E-state index contributed by atoms with van der Waals surface area (Å²) in [6.45, 7) is 0. The van der Waals surface area contributed by atoms with Crippen LogP contribution in [-0.4, -0.2) is 6.26 Å². The second-order valence-corrected chi connectivity index (χ2v) is 22.6. The van der Waals surface area contributed by atoms with Gasteiger partial charge >= 0.3 is 0 Å². The SMILES string of the molecule is C[SH](c1ccccc1)(c1ccccc1)(c1ccccc1)c1ccc(-c2ccc(N(c3ccccc3)c3ccc4c(c3)C(c3ccccc3)(C3C=CC=CC3)c3ccccc3-4)cc2)cc1. The van der Waals surface area contributed by atoms with Crippen LogP contribution in [0.3, 0.4) is 0 Å². The lowest BCUT2D eigenvalue weighted by molar-refractivity contribution is 0.457. The van der Waals surface area contributed by atoms with Crippen molar-refractivity contribution in [3.63, 3.8) is 0 Å². The van der Waals surface area contributed by atoms with Crippen LogP contribution in [0, 0.1) is 5.92 Å². The number of thiol groups is 1. The Morgan fingerprint density at radius 2 is 0.859 bits per heavy atom. The first-order valence-electron chi connectivity index (χ1n) is 22.5. The van der Waals surface area contributed by atoms with E-state index in [9.17, 15) is 0 Å². The molecule has 0 radical (unpaired) electrons. The Morgan fingerprint density at radius 3 is 1.42 bits per heavy atom. The van der Waals surface area contributed by atoms with Crippen LogP contribution >= 0.6 is 9.16 Å². The van der Waals surface area contributed by atoms with E-state index in [1.54, 1.807) is 0 Å². The van der Waals surface area contributed by atoms with Gasteiger partial charge in [0.25, 0.3) is 0 Å². The van der Waals surface area contributed by atoms with E-state index in [2.05, 4.69) is 278 Å². The van der Waals surface area contributed by atoms with Crippen molar-refractivity contribution >= 4 is 26.2 Å². The van der Waals surface area contributed by atoms with E-state index in [1.807, 2.05) is 0 Å². The molecule has 0 amide bonds. The first-order chi connectivity index (χ1) is 31.6. The standard InChI is InChI=1S/C62H51NS/c1-64(54-28-14-5-15-29-54,55-30-16-6-17-31-55,56-32-18-7-19-33-56)57-43-38-48(39-44-57)47-36-40-52(41-37-47)63(51-26-12-4-13-27-51)53-42-45-59-58-34-20-21-35-60(58)62(61(59)46-53,49-22-8-2-9-23-49)50-24-10-3-11-25-50/h2-24,26-46,50,64H,25H2,1H3. The fraction of sp³-hybridized carbons (Fsp3) is 0.0645. The Kier molecular flexibility index (Phi) is 9.90. The third kappa shape index (κ3) is 6.08. The predicted molar refractivity (Wildman–Crippen MR) is 272 cm³/mol.